The molecule has 2 aliphatic rings. The van der Waals surface area contributed by atoms with Crippen LogP contribution >= 0.6 is 11.3 Å². The second kappa shape index (κ2) is 7.16. The number of thiophene rings is 1. The van der Waals surface area contributed by atoms with Crippen LogP contribution in [-0.4, -0.2) is 21.9 Å². The summed E-state index contributed by atoms with van der Waals surface area (Å²) in [6.07, 6.45) is 0.249. The number of halogens is 3. The number of nitrogens with one attached hydrogen (secondary N) is 2. The van der Waals surface area contributed by atoms with Crippen LogP contribution in [0.4, 0.5) is 24.0 Å². The van der Waals surface area contributed by atoms with E-state index in [9.17, 15) is 23.2 Å². The van der Waals surface area contributed by atoms with E-state index < -0.39 is 24.2 Å². The van der Waals surface area contributed by atoms with Gasteiger partial charge in [-0.25, -0.2) is 4.68 Å². The Balaban J connectivity index is 1.49. The van der Waals surface area contributed by atoms with Gasteiger partial charge in [-0.3, -0.25) is 4.79 Å². The highest BCUT2D eigenvalue weighted by atomic mass is 32.1. The topological polar surface area (TPSA) is 95.9 Å². The smallest absolute Gasteiger partial charge is 0.410 e. The van der Waals surface area contributed by atoms with Gasteiger partial charge in [0.1, 0.15) is 28.2 Å². The van der Waals surface area contributed by atoms with Gasteiger partial charge in [0.25, 0.3) is 5.91 Å². The van der Waals surface area contributed by atoms with Crippen molar-refractivity contribution < 1.29 is 22.4 Å². The second-order valence-electron chi connectivity index (χ2n) is 7.48. The summed E-state index contributed by atoms with van der Waals surface area (Å²) in [6, 6.07) is 2.65. The molecule has 2 atom stereocenters. The summed E-state index contributed by atoms with van der Waals surface area (Å²) in [4.78, 5) is 14.0. The lowest BCUT2D eigenvalue weighted by Crippen LogP contribution is -2.36. The summed E-state index contributed by atoms with van der Waals surface area (Å²) < 4.78 is 47.3. The van der Waals surface area contributed by atoms with Crippen LogP contribution in [-0.2, 0) is 12.8 Å². The van der Waals surface area contributed by atoms with Gasteiger partial charge in [0.15, 0.2) is 6.04 Å². The van der Waals surface area contributed by atoms with Gasteiger partial charge < -0.3 is 15.1 Å². The first-order valence-electron chi connectivity index (χ1n) is 9.67. The van der Waals surface area contributed by atoms with E-state index in [-0.39, 0.29) is 17.8 Å². The van der Waals surface area contributed by atoms with Crippen molar-refractivity contribution in [3.8, 4) is 6.07 Å². The summed E-state index contributed by atoms with van der Waals surface area (Å²) in [5.41, 5.74) is 1.36. The van der Waals surface area contributed by atoms with Crippen molar-refractivity contribution >= 4 is 28.1 Å². The van der Waals surface area contributed by atoms with E-state index in [4.69, 9.17) is 4.42 Å². The Labute approximate surface area is 178 Å². The maximum Gasteiger partial charge on any atom is 0.410 e. The van der Waals surface area contributed by atoms with E-state index in [1.807, 2.05) is 0 Å². The number of furan rings is 1. The fourth-order valence-electron chi connectivity index (χ4n) is 4.19. The Morgan fingerprint density at radius 2 is 2.26 bits per heavy atom. The van der Waals surface area contributed by atoms with Gasteiger partial charge in [-0.2, -0.15) is 23.5 Å². The molecule has 0 bridgehead atoms. The third-order valence-electron chi connectivity index (χ3n) is 5.63. The van der Waals surface area contributed by atoms with Crippen LogP contribution < -0.4 is 10.6 Å². The number of fused-ring (bicyclic) bond motifs is 2. The van der Waals surface area contributed by atoms with Gasteiger partial charge in [-0.1, -0.05) is 0 Å². The predicted octanol–water partition coefficient (Wildman–Crippen LogP) is 4.81. The minimum atomic E-state index is -4.55. The zero-order valence-corrected chi connectivity index (χ0v) is 16.8. The molecule has 1 aliphatic heterocycles. The summed E-state index contributed by atoms with van der Waals surface area (Å²) in [6.45, 7) is 0. The highest BCUT2D eigenvalue weighted by molar-refractivity contribution is 7.16. The van der Waals surface area contributed by atoms with Crippen LogP contribution in [0.15, 0.2) is 29.0 Å². The van der Waals surface area contributed by atoms with Gasteiger partial charge in [-0.05, 0) is 37.0 Å². The number of aromatic nitrogens is 2. The number of rotatable bonds is 3. The monoisotopic (exact) mass is 447 g/mol. The SMILES string of the molecule is N#Cc1c(NC(=O)c2cnn3c2N[C@@H](c2ccco2)C[C@@H]3C(F)(F)F)sc2c1CCC2. The third kappa shape index (κ3) is 3.27. The average molecular weight is 447 g/mol. The molecule has 3 aromatic rings. The highest BCUT2D eigenvalue weighted by Crippen LogP contribution is 2.45. The number of anilines is 2. The Bertz CT molecular complexity index is 1190. The lowest BCUT2D eigenvalue weighted by molar-refractivity contribution is -0.174. The second-order valence-corrected chi connectivity index (χ2v) is 8.59. The van der Waals surface area contributed by atoms with Gasteiger partial charge in [0, 0.05) is 11.3 Å². The van der Waals surface area contributed by atoms with E-state index in [1.165, 1.54) is 17.6 Å². The summed E-state index contributed by atoms with van der Waals surface area (Å²) in [7, 11) is 0. The van der Waals surface area contributed by atoms with E-state index in [0.29, 0.717) is 16.3 Å². The molecule has 2 N–H and O–H groups in total. The van der Waals surface area contributed by atoms with Crippen molar-refractivity contribution in [3.63, 3.8) is 0 Å². The number of nitrogens with zero attached hydrogens (tertiary/aromatic N) is 3. The number of nitriles is 1. The molecule has 0 radical (unpaired) electrons. The molecule has 4 heterocycles. The highest BCUT2D eigenvalue weighted by Gasteiger charge is 2.47. The number of alkyl halides is 3. The molecule has 0 spiro atoms. The lowest BCUT2D eigenvalue weighted by Gasteiger charge is -2.32. The molecule has 5 rings (SSSR count). The molecule has 11 heteroatoms. The first-order chi connectivity index (χ1) is 14.9. The van der Waals surface area contributed by atoms with Crippen molar-refractivity contribution in [2.75, 3.05) is 10.6 Å². The molecule has 1 amide bonds. The Morgan fingerprint density at radius 1 is 1.42 bits per heavy atom. The Hall–Kier alpha value is -3.26. The van der Waals surface area contributed by atoms with Crippen LogP contribution in [0.2, 0.25) is 0 Å². The molecule has 3 aromatic heterocycles. The minimum Gasteiger partial charge on any atom is -0.467 e. The molecule has 1 aliphatic carbocycles. The minimum absolute atomic E-state index is 0.0250. The van der Waals surface area contributed by atoms with Crippen molar-refractivity contribution in [2.45, 2.75) is 43.9 Å². The molecule has 31 heavy (non-hydrogen) atoms. The molecule has 0 saturated carbocycles. The van der Waals surface area contributed by atoms with Crippen LogP contribution in [0.1, 0.15) is 57.0 Å². The normalized spacial score (nSPS) is 19.9. The molecule has 160 valence electrons. The van der Waals surface area contributed by atoms with Crippen LogP contribution in [0.25, 0.3) is 0 Å². The van der Waals surface area contributed by atoms with E-state index >= 15 is 0 Å². The predicted molar refractivity (Wildman–Crippen MR) is 106 cm³/mol. The summed E-state index contributed by atoms with van der Waals surface area (Å²) >= 11 is 1.34. The largest absolute Gasteiger partial charge is 0.467 e. The zero-order valence-electron chi connectivity index (χ0n) is 16.0. The maximum absolute atomic E-state index is 13.7. The van der Waals surface area contributed by atoms with E-state index in [2.05, 4.69) is 21.8 Å². The standard InChI is InChI=1S/C20H16F3N5O2S/c21-20(22,23)16-7-13(14-4-2-6-30-14)26-17-12(9-25-28(16)17)18(29)27-19-11(8-24)10-3-1-5-15(10)31-19/h2,4,6,9,13,16,26H,1,3,5,7H2,(H,27,29)/t13-,16-/m1/s1. The van der Waals surface area contributed by atoms with Crippen molar-refractivity contribution in [2.24, 2.45) is 0 Å². The number of carbonyl (C=O) groups excluding carboxylic acids is 1. The van der Waals surface area contributed by atoms with Crippen molar-refractivity contribution in [1.29, 1.82) is 5.26 Å². The fourth-order valence-corrected chi connectivity index (χ4v) is 5.42. The maximum atomic E-state index is 13.7. The Kier molecular flexibility index (Phi) is 4.55. The number of hydrogen-bond donors (Lipinski definition) is 2. The van der Waals surface area contributed by atoms with Crippen LogP contribution in [0.5, 0.6) is 0 Å². The first kappa shape index (κ1) is 19.7. The molecule has 0 fully saturated rings. The molecular formula is C20H16F3N5O2S. The number of amides is 1. The fraction of sp³-hybridized carbons (Fsp3) is 0.350. The number of carbonyl (C=O) groups is 1. The Morgan fingerprint density at radius 3 is 2.97 bits per heavy atom. The van der Waals surface area contributed by atoms with Crippen LogP contribution in [0.3, 0.4) is 0 Å². The average Bonchev–Trinajstić information content (AvgIpc) is 3.49. The molecule has 7 nitrogen and oxygen atoms in total. The van der Waals surface area contributed by atoms with Crippen molar-refractivity contribution in [1.82, 2.24) is 9.78 Å². The molecular weight excluding hydrogens is 431 g/mol. The third-order valence-corrected chi connectivity index (χ3v) is 6.84. The first-order valence-corrected chi connectivity index (χ1v) is 10.5. The summed E-state index contributed by atoms with van der Waals surface area (Å²) in [5, 5.41) is 19.5. The van der Waals surface area contributed by atoms with E-state index in [1.54, 1.807) is 12.1 Å². The van der Waals surface area contributed by atoms with Crippen LogP contribution in [0, 0.1) is 11.3 Å². The van der Waals surface area contributed by atoms with Gasteiger partial charge >= 0.3 is 6.18 Å². The number of hydrogen-bond acceptors (Lipinski definition) is 6. The molecule has 0 unspecified atom stereocenters. The zero-order chi connectivity index (χ0) is 21.8. The van der Waals surface area contributed by atoms with Gasteiger partial charge in [0.05, 0.1) is 24.1 Å². The van der Waals surface area contributed by atoms with E-state index in [0.717, 1.165) is 40.6 Å². The van der Waals surface area contributed by atoms with Crippen molar-refractivity contribution in [3.05, 3.63) is 51.9 Å². The molecule has 0 aromatic carbocycles. The van der Waals surface area contributed by atoms with Gasteiger partial charge in [0.2, 0.25) is 0 Å². The number of aryl methyl sites for hydroxylation is 1. The van der Waals surface area contributed by atoms with Gasteiger partial charge in [-0.15, -0.1) is 11.3 Å². The molecule has 0 saturated heterocycles. The quantitative estimate of drug-likeness (QED) is 0.601. The summed E-state index contributed by atoms with van der Waals surface area (Å²) in [5.74, 6) is -0.309. The lowest BCUT2D eigenvalue weighted by atomic mass is 10.0.